The number of rotatable bonds is 3. The smallest absolute Gasteiger partial charge is 0.310 e. The molecule has 1 aliphatic rings. The van der Waals surface area contributed by atoms with Crippen molar-refractivity contribution in [2.75, 3.05) is 6.61 Å². The lowest BCUT2D eigenvalue weighted by atomic mass is 9.88. The van der Waals surface area contributed by atoms with E-state index in [0.717, 1.165) is 11.1 Å². The van der Waals surface area contributed by atoms with Gasteiger partial charge in [-0.1, -0.05) is 24.3 Å². The number of aryl methyl sites for hydroxylation is 1. The molecule has 0 aromatic heterocycles. The quantitative estimate of drug-likeness (QED) is 0.750. The second-order valence-electron chi connectivity index (χ2n) is 4.02. The van der Waals surface area contributed by atoms with Crippen LogP contribution < -0.4 is 0 Å². The highest BCUT2D eigenvalue weighted by molar-refractivity contribution is 5.87. The molecule has 2 rings (SSSR count). The van der Waals surface area contributed by atoms with Crippen molar-refractivity contribution in [3.8, 4) is 0 Å². The number of carbonyl (C=O) groups excluding carboxylic acids is 1. The van der Waals surface area contributed by atoms with E-state index in [1.54, 1.807) is 6.92 Å². The van der Waals surface area contributed by atoms with E-state index in [0.29, 0.717) is 25.0 Å². The van der Waals surface area contributed by atoms with Crippen LogP contribution in [0.3, 0.4) is 0 Å². The summed E-state index contributed by atoms with van der Waals surface area (Å²) in [7, 11) is 0. The molecule has 0 atom stereocenters. The zero-order chi connectivity index (χ0) is 12.3. The summed E-state index contributed by atoms with van der Waals surface area (Å²) in [6.07, 6.45) is 1.11. The summed E-state index contributed by atoms with van der Waals surface area (Å²) in [5, 5.41) is 0. The average molecular weight is 234 g/mol. The fraction of sp³-hybridized carbons (Fsp3) is 0.357. The minimum atomic E-state index is -0.366. The van der Waals surface area contributed by atoms with Crippen LogP contribution in [0, 0.1) is 0 Å². The van der Waals surface area contributed by atoms with Crippen LogP contribution in [0.1, 0.15) is 30.9 Å². The van der Waals surface area contributed by atoms with Crippen molar-refractivity contribution in [3.05, 3.63) is 41.2 Å². The van der Waals surface area contributed by atoms with Crippen LogP contribution in [-0.4, -0.2) is 12.6 Å². The molecule has 0 heterocycles. The SMILES string of the molecule is CCOC(=O)CC1=C(F)CCc2ccccc21. The van der Waals surface area contributed by atoms with Crippen LogP contribution in [0.2, 0.25) is 0 Å². The highest BCUT2D eigenvalue weighted by Crippen LogP contribution is 2.34. The first-order valence-electron chi connectivity index (χ1n) is 5.83. The molecule has 90 valence electrons. The summed E-state index contributed by atoms with van der Waals surface area (Å²) in [6, 6.07) is 7.64. The second kappa shape index (κ2) is 5.13. The van der Waals surface area contributed by atoms with Crippen LogP contribution in [0.15, 0.2) is 30.1 Å². The molecule has 0 saturated heterocycles. The van der Waals surface area contributed by atoms with Gasteiger partial charge in [0.1, 0.15) is 5.83 Å². The number of carbonyl (C=O) groups is 1. The topological polar surface area (TPSA) is 26.3 Å². The van der Waals surface area contributed by atoms with Crippen LogP contribution in [0.4, 0.5) is 4.39 Å². The van der Waals surface area contributed by atoms with Gasteiger partial charge in [-0.15, -0.1) is 0 Å². The maximum atomic E-state index is 13.8. The van der Waals surface area contributed by atoms with Gasteiger partial charge in [-0.2, -0.15) is 0 Å². The van der Waals surface area contributed by atoms with E-state index in [1.807, 2.05) is 24.3 Å². The molecule has 0 N–H and O–H groups in total. The summed E-state index contributed by atoms with van der Waals surface area (Å²) in [4.78, 5) is 11.4. The number of fused-ring (bicyclic) bond motifs is 1. The number of benzene rings is 1. The van der Waals surface area contributed by atoms with E-state index < -0.39 is 0 Å². The van der Waals surface area contributed by atoms with E-state index in [-0.39, 0.29) is 18.2 Å². The molecule has 0 aliphatic heterocycles. The molecule has 3 heteroatoms. The van der Waals surface area contributed by atoms with Crippen LogP contribution >= 0.6 is 0 Å². The van der Waals surface area contributed by atoms with Gasteiger partial charge >= 0.3 is 5.97 Å². The van der Waals surface area contributed by atoms with Crippen LogP contribution in [0.25, 0.3) is 5.57 Å². The standard InChI is InChI=1S/C14H15FO2/c1-2-17-14(16)9-12-11-6-4-3-5-10(11)7-8-13(12)15/h3-6H,2,7-9H2,1H3. The van der Waals surface area contributed by atoms with Gasteiger partial charge in [0.05, 0.1) is 13.0 Å². The molecule has 17 heavy (non-hydrogen) atoms. The number of esters is 1. The normalized spacial score (nSPS) is 14.5. The van der Waals surface area contributed by atoms with Gasteiger partial charge in [0.25, 0.3) is 0 Å². The number of ether oxygens (including phenoxy) is 1. The van der Waals surface area contributed by atoms with Crippen LogP contribution in [-0.2, 0) is 16.0 Å². The highest BCUT2D eigenvalue weighted by atomic mass is 19.1. The first kappa shape index (κ1) is 11.8. The van der Waals surface area contributed by atoms with E-state index >= 15 is 0 Å². The zero-order valence-electron chi connectivity index (χ0n) is 9.83. The van der Waals surface area contributed by atoms with Gasteiger partial charge in [0.2, 0.25) is 0 Å². The fourth-order valence-corrected chi connectivity index (χ4v) is 2.12. The number of halogens is 1. The molecule has 0 fully saturated rings. The van der Waals surface area contributed by atoms with E-state index in [4.69, 9.17) is 4.74 Å². The van der Waals surface area contributed by atoms with Crippen molar-refractivity contribution < 1.29 is 13.9 Å². The number of hydrogen-bond acceptors (Lipinski definition) is 2. The Labute approximate surface area is 100 Å². The van der Waals surface area contributed by atoms with Crippen molar-refractivity contribution >= 4 is 11.5 Å². The summed E-state index contributed by atoms with van der Waals surface area (Å²) < 4.78 is 18.7. The molecular weight excluding hydrogens is 219 g/mol. The van der Waals surface area contributed by atoms with Gasteiger partial charge in [0.15, 0.2) is 0 Å². The fourth-order valence-electron chi connectivity index (χ4n) is 2.12. The number of hydrogen-bond donors (Lipinski definition) is 0. The molecule has 0 unspecified atom stereocenters. The van der Waals surface area contributed by atoms with Crippen molar-refractivity contribution in [3.63, 3.8) is 0 Å². The van der Waals surface area contributed by atoms with Crippen LogP contribution in [0.5, 0.6) is 0 Å². The first-order chi connectivity index (χ1) is 8.22. The molecular formula is C14H15FO2. The van der Waals surface area contributed by atoms with Crippen molar-refractivity contribution in [1.29, 1.82) is 0 Å². The molecule has 0 saturated carbocycles. The lowest BCUT2D eigenvalue weighted by molar-refractivity contribution is -0.141. The van der Waals surface area contributed by atoms with Crippen molar-refractivity contribution in [1.82, 2.24) is 0 Å². The first-order valence-corrected chi connectivity index (χ1v) is 5.83. The summed E-state index contributed by atoms with van der Waals surface area (Å²) in [6.45, 7) is 2.08. The zero-order valence-corrected chi connectivity index (χ0v) is 9.83. The second-order valence-corrected chi connectivity index (χ2v) is 4.02. The summed E-state index contributed by atoms with van der Waals surface area (Å²) >= 11 is 0. The highest BCUT2D eigenvalue weighted by Gasteiger charge is 2.21. The van der Waals surface area contributed by atoms with Gasteiger partial charge in [-0.25, -0.2) is 4.39 Å². The Bertz CT molecular complexity index is 463. The molecule has 1 aromatic rings. The van der Waals surface area contributed by atoms with E-state index in [1.165, 1.54) is 0 Å². The number of allylic oxidation sites excluding steroid dienone is 1. The Hall–Kier alpha value is -1.64. The third-order valence-electron chi connectivity index (χ3n) is 2.91. The van der Waals surface area contributed by atoms with Crippen molar-refractivity contribution in [2.24, 2.45) is 0 Å². The minimum absolute atomic E-state index is 0.0245. The van der Waals surface area contributed by atoms with Crippen molar-refractivity contribution in [2.45, 2.75) is 26.2 Å². The molecule has 0 spiro atoms. The Morgan fingerprint density at radius 2 is 2.12 bits per heavy atom. The third-order valence-corrected chi connectivity index (χ3v) is 2.91. The average Bonchev–Trinajstić information content (AvgIpc) is 2.33. The Kier molecular flexibility index (Phi) is 3.57. The van der Waals surface area contributed by atoms with Gasteiger partial charge in [0, 0.05) is 12.0 Å². The molecule has 0 bridgehead atoms. The Morgan fingerprint density at radius 1 is 1.35 bits per heavy atom. The maximum Gasteiger partial charge on any atom is 0.310 e. The predicted octanol–water partition coefficient (Wildman–Crippen LogP) is 3.27. The lowest BCUT2D eigenvalue weighted by Gasteiger charge is -2.18. The third kappa shape index (κ3) is 2.54. The van der Waals surface area contributed by atoms with Gasteiger partial charge in [-0.3, -0.25) is 4.79 Å². The minimum Gasteiger partial charge on any atom is -0.466 e. The van der Waals surface area contributed by atoms with E-state index in [2.05, 4.69) is 0 Å². The largest absolute Gasteiger partial charge is 0.466 e. The predicted molar refractivity (Wildman–Crippen MR) is 64.0 cm³/mol. The summed E-state index contributed by atoms with van der Waals surface area (Å²) in [5.74, 6) is -0.550. The lowest BCUT2D eigenvalue weighted by Crippen LogP contribution is -2.09. The van der Waals surface area contributed by atoms with Gasteiger partial charge < -0.3 is 4.74 Å². The molecule has 1 aliphatic carbocycles. The molecule has 0 amide bonds. The van der Waals surface area contributed by atoms with E-state index in [9.17, 15) is 9.18 Å². The monoisotopic (exact) mass is 234 g/mol. The Balaban J connectivity index is 2.28. The Morgan fingerprint density at radius 3 is 2.88 bits per heavy atom. The molecule has 2 nitrogen and oxygen atoms in total. The molecule has 1 aromatic carbocycles. The summed E-state index contributed by atoms with van der Waals surface area (Å²) in [5.41, 5.74) is 2.45. The molecule has 0 radical (unpaired) electrons. The van der Waals surface area contributed by atoms with Gasteiger partial charge in [-0.05, 0) is 24.5 Å². The maximum absolute atomic E-state index is 13.8.